The maximum atomic E-state index is 12.6. The molecule has 0 saturated carbocycles. The van der Waals surface area contributed by atoms with Gasteiger partial charge in [-0.1, -0.05) is 30.3 Å². The highest BCUT2D eigenvalue weighted by Crippen LogP contribution is 2.20. The van der Waals surface area contributed by atoms with E-state index in [0.717, 1.165) is 23.7 Å². The second-order valence-electron chi connectivity index (χ2n) is 7.25. The molecule has 9 heteroatoms. The maximum absolute atomic E-state index is 12.6. The molecular weight excluding hydrogens is 400 g/mol. The van der Waals surface area contributed by atoms with Crippen LogP contribution in [0.1, 0.15) is 5.56 Å². The van der Waals surface area contributed by atoms with Crippen LogP contribution in [0.3, 0.4) is 0 Å². The second-order valence-corrected chi connectivity index (χ2v) is 7.25. The molecule has 5 amide bonds. The minimum atomic E-state index is -1.00. The third-order valence-corrected chi connectivity index (χ3v) is 5.15. The fraction of sp³-hybridized carbons (Fsp3) is 0.273. The number of imide groups is 2. The summed E-state index contributed by atoms with van der Waals surface area (Å²) in [6, 6.07) is 15.4. The van der Waals surface area contributed by atoms with Crippen molar-refractivity contribution >= 4 is 35.1 Å². The Labute approximate surface area is 179 Å². The molecule has 0 spiro atoms. The Morgan fingerprint density at radius 1 is 0.871 bits per heavy atom. The molecule has 0 aliphatic carbocycles. The van der Waals surface area contributed by atoms with Crippen LogP contribution in [-0.4, -0.2) is 66.4 Å². The normalized spacial score (nSPS) is 16.8. The summed E-state index contributed by atoms with van der Waals surface area (Å²) in [5, 5.41) is 2.66. The Balaban J connectivity index is 1.36. The number of carbonyl (C=O) groups excluding carboxylic acids is 4. The van der Waals surface area contributed by atoms with Crippen LogP contribution in [0.15, 0.2) is 54.6 Å². The first-order valence-electron chi connectivity index (χ1n) is 9.97. The summed E-state index contributed by atoms with van der Waals surface area (Å²) in [5.74, 6) is -2.49. The third-order valence-electron chi connectivity index (χ3n) is 5.15. The minimum absolute atomic E-state index is 0.0225. The molecule has 2 aliphatic heterocycles. The van der Waals surface area contributed by atoms with Gasteiger partial charge in [-0.25, -0.2) is 9.69 Å². The van der Waals surface area contributed by atoms with Gasteiger partial charge in [-0.2, -0.15) is 0 Å². The second kappa shape index (κ2) is 8.97. The third kappa shape index (κ3) is 4.56. The molecule has 2 heterocycles. The highest BCUT2D eigenvalue weighted by atomic mass is 16.5. The van der Waals surface area contributed by atoms with Gasteiger partial charge in [0.2, 0.25) is 5.91 Å². The summed E-state index contributed by atoms with van der Waals surface area (Å²) in [5.41, 5.74) is 2.27. The summed E-state index contributed by atoms with van der Waals surface area (Å²) in [4.78, 5) is 53.1. The van der Waals surface area contributed by atoms with Crippen molar-refractivity contribution in [3.63, 3.8) is 0 Å². The molecule has 4 rings (SSSR count). The van der Waals surface area contributed by atoms with E-state index in [1.54, 1.807) is 36.4 Å². The molecule has 2 aromatic rings. The molecule has 2 saturated heterocycles. The minimum Gasteiger partial charge on any atom is -0.378 e. The summed E-state index contributed by atoms with van der Waals surface area (Å²) >= 11 is 0. The number of rotatable bonds is 6. The first-order chi connectivity index (χ1) is 15.0. The van der Waals surface area contributed by atoms with Gasteiger partial charge < -0.3 is 15.0 Å². The van der Waals surface area contributed by atoms with E-state index in [4.69, 9.17) is 4.74 Å². The molecular formula is C22H22N4O5. The van der Waals surface area contributed by atoms with Crippen LogP contribution in [-0.2, 0) is 25.7 Å². The van der Waals surface area contributed by atoms with E-state index in [1.165, 1.54) is 0 Å². The predicted molar refractivity (Wildman–Crippen MR) is 112 cm³/mol. The first-order valence-corrected chi connectivity index (χ1v) is 9.97. The van der Waals surface area contributed by atoms with Gasteiger partial charge >= 0.3 is 17.8 Å². The number of hydrogen-bond donors (Lipinski definition) is 1. The predicted octanol–water partition coefficient (Wildman–Crippen LogP) is 1.45. The molecule has 31 heavy (non-hydrogen) atoms. The van der Waals surface area contributed by atoms with E-state index in [9.17, 15) is 19.2 Å². The number of nitrogens with one attached hydrogen (secondary N) is 1. The lowest BCUT2D eigenvalue weighted by Crippen LogP contribution is -2.39. The number of ether oxygens (including phenoxy) is 1. The van der Waals surface area contributed by atoms with E-state index in [-0.39, 0.29) is 6.54 Å². The number of hydrogen-bond acceptors (Lipinski definition) is 6. The molecule has 9 nitrogen and oxygen atoms in total. The van der Waals surface area contributed by atoms with Gasteiger partial charge in [-0.05, 0) is 29.8 Å². The van der Waals surface area contributed by atoms with Gasteiger partial charge in [0.05, 0.1) is 19.8 Å². The van der Waals surface area contributed by atoms with Crippen LogP contribution in [0.4, 0.5) is 16.2 Å². The highest BCUT2D eigenvalue weighted by Gasteiger charge is 2.45. The summed E-state index contributed by atoms with van der Waals surface area (Å²) in [7, 11) is 0. The molecule has 2 aliphatic rings. The molecule has 2 aromatic carbocycles. The monoisotopic (exact) mass is 422 g/mol. The van der Waals surface area contributed by atoms with Crippen molar-refractivity contribution in [1.29, 1.82) is 0 Å². The molecule has 0 bridgehead atoms. The van der Waals surface area contributed by atoms with Crippen molar-refractivity contribution in [3.8, 4) is 0 Å². The molecule has 160 valence electrons. The quantitative estimate of drug-likeness (QED) is 0.559. The van der Waals surface area contributed by atoms with Crippen LogP contribution in [0, 0.1) is 0 Å². The Morgan fingerprint density at radius 3 is 2.19 bits per heavy atom. The lowest BCUT2D eigenvalue weighted by atomic mass is 10.2. The first kappa shape index (κ1) is 20.5. The van der Waals surface area contributed by atoms with Crippen LogP contribution in [0.2, 0.25) is 0 Å². The number of anilines is 2. The van der Waals surface area contributed by atoms with E-state index in [2.05, 4.69) is 10.2 Å². The maximum Gasteiger partial charge on any atom is 0.335 e. The van der Waals surface area contributed by atoms with Gasteiger partial charge in [-0.3, -0.25) is 19.3 Å². The van der Waals surface area contributed by atoms with Crippen molar-refractivity contribution in [2.45, 2.75) is 6.54 Å². The fourth-order valence-corrected chi connectivity index (χ4v) is 3.52. The Morgan fingerprint density at radius 2 is 1.52 bits per heavy atom. The molecule has 0 radical (unpaired) electrons. The number of morpholine rings is 1. The lowest BCUT2D eigenvalue weighted by molar-refractivity contribution is -0.143. The van der Waals surface area contributed by atoms with Gasteiger partial charge in [0, 0.05) is 24.5 Å². The van der Waals surface area contributed by atoms with E-state index < -0.39 is 30.3 Å². The van der Waals surface area contributed by atoms with E-state index in [0.29, 0.717) is 29.4 Å². The Hall–Kier alpha value is -3.72. The zero-order chi connectivity index (χ0) is 21.8. The average molecular weight is 422 g/mol. The van der Waals surface area contributed by atoms with Crippen LogP contribution < -0.4 is 10.2 Å². The standard InChI is InChI=1S/C22H22N4O5/c27-19(23-17-6-8-18(9-7-17)24-10-12-31-13-11-24)15-26-21(29)20(28)25(22(26)30)14-16-4-2-1-3-5-16/h1-9H,10-15H2,(H,23,27). The SMILES string of the molecule is O=C(CN1C(=O)C(=O)N(Cc2ccccc2)C1=O)Nc1ccc(N2CCOCC2)cc1. The molecule has 1 N–H and O–H groups in total. The van der Waals surface area contributed by atoms with Crippen molar-refractivity contribution in [1.82, 2.24) is 9.80 Å². The number of benzene rings is 2. The van der Waals surface area contributed by atoms with E-state index >= 15 is 0 Å². The summed E-state index contributed by atoms with van der Waals surface area (Å²) in [6.07, 6.45) is 0. The van der Waals surface area contributed by atoms with Crippen LogP contribution in [0.5, 0.6) is 0 Å². The van der Waals surface area contributed by atoms with Crippen LogP contribution >= 0.6 is 0 Å². The number of amides is 5. The van der Waals surface area contributed by atoms with Crippen molar-refractivity contribution < 1.29 is 23.9 Å². The molecule has 2 fully saturated rings. The van der Waals surface area contributed by atoms with Crippen molar-refractivity contribution in [3.05, 3.63) is 60.2 Å². The smallest absolute Gasteiger partial charge is 0.335 e. The topological polar surface area (TPSA) is 99.3 Å². The largest absolute Gasteiger partial charge is 0.378 e. The van der Waals surface area contributed by atoms with Crippen molar-refractivity contribution in [2.75, 3.05) is 43.1 Å². The number of urea groups is 1. The number of carbonyl (C=O) groups is 4. The number of nitrogens with zero attached hydrogens (tertiary/aromatic N) is 3. The van der Waals surface area contributed by atoms with Gasteiger partial charge in [0.1, 0.15) is 6.54 Å². The van der Waals surface area contributed by atoms with Gasteiger partial charge in [-0.15, -0.1) is 0 Å². The summed E-state index contributed by atoms with van der Waals surface area (Å²) in [6.45, 7) is 2.41. The zero-order valence-electron chi connectivity index (χ0n) is 16.8. The van der Waals surface area contributed by atoms with Crippen molar-refractivity contribution in [2.24, 2.45) is 0 Å². The fourth-order valence-electron chi connectivity index (χ4n) is 3.52. The van der Waals surface area contributed by atoms with Crippen LogP contribution in [0.25, 0.3) is 0 Å². The Kier molecular flexibility index (Phi) is 5.94. The zero-order valence-corrected chi connectivity index (χ0v) is 16.8. The summed E-state index contributed by atoms with van der Waals surface area (Å²) < 4.78 is 5.34. The van der Waals surface area contributed by atoms with E-state index in [1.807, 2.05) is 18.2 Å². The lowest BCUT2D eigenvalue weighted by Gasteiger charge is -2.28. The highest BCUT2D eigenvalue weighted by molar-refractivity contribution is 6.45. The Bertz CT molecular complexity index is 987. The molecule has 0 atom stereocenters. The van der Waals surface area contributed by atoms with Gasteiger partial charge in [0.25, 0.3) is 0 Å². The van der Waals surface area contributed by atoms with Gasteiger partial charge in [0.15, 0.2) is 0 Å². The molecule has 0 aromatic heterocycles. The molecule has 0 unspecified atom stereocenters. The average Bonchev–Trinajstić information content (AvgIpc) is 2.99.